The van der Waals surface area contributed by atoms with E-state index in [0.717, 1.165) is 34.8 Å². The molecule has 0 unspecified atom stereocenters. The molecule has 0 fully saturated rings. The molecule has 0 saturated heterocycles. The highest BCUT2D eigenvalue weighted by Crippen LogP contribution is 2.26. The summed E-state index contributed by atoms with van der Waals surface area (Å²) in [6.07, 6.45) is 1.83. The van der Waals surface area contributed by atoms with Crippen molar-refractivity contribution in [2.75, 3.05) is 11.9 Å². The summed E-state index contributed by atoms with van der Waals surface area (Å²) in [7, 11) is 1.90. The molecule has 0 aliphatic heterocycles. The van der Waals surface area contributed by atoms with Gasteiger partial charge >= 0.3 is 0 Å². The quantitative estimate of drug-likeness (QED) is 0.799. The molecule has 5 heteroatoms. The van der Waals surface area contributed by atoms with Gasteiger partial charge < -0.3 is 4.90 Å². The van der Waals surface area contributed by atoms with Gasteiger partial charge in [-0.05, 0) is 34.5 Å². The molecule has 0 bridgehead atoms. The Balaban J connectivity index is 2.43. The van der Waals surface area contributed by atoms with Crippen LogP contribution < -0.4 is 4.90 Å². The Labute approximate surface area is 127 Å². The van der Waals surface area contributed by atoms with Crippen LogP contribution in [-0.4, -0.2) is 17.0 Å². The summed E-state index contributed by atoms with van der Waals surface area (Å²) in [5.41, 5.74) is 1.46. The molecule has 1 heterocycles. The fourth-order valence-corrected chi connectivity index (χ4v) is 2.35. The molecule has 0 radical (unpaired) electrons. The Morgan fingerprint density at radius 3 is 2.75 bits per heavy atom. The van der Waals surface area contributed by atoms with Crippen LogP contribution in [0.25, 0.3) is 0 Å². The molecule has 0 amide bonds. The average Bonchev–Trinajstić information content (AvgIpc) is 2.46. The summed E-state index contributed by atoms with van der Waals surface area (Å²) in [5.74, 6) is 1.58. The smallest absolute Gasteiger partial charge is 0.137 e. The van der Waals surface area contributed by atoms with Crippen molar-refractivity contribution in [1.82, 2.24) is 9.97 Å². The van der Waals surface area contributed by atoms with E-state index in [0.29, 0.717) is 5.56 Å². The molecule has 1 aromatic heterocycles. The highest BCUT2D eigenvalue weighted by atomic mass is 79.9. The van der Waals surface area contributed by atoms with E-state index in [9.17, 15) is 5.26 Å². The van der Waals surface area contributed by atoms with Crippen molar-refractivity contribution in [3.8, 4) is 6.07 Å². The van der Waals surface area contributed by atoms with Crippen molar-refractivity contribution in [2.24, 2.45) is 0 Å². The van der Waals surface area contributed by atoms with Crippen LogP contribution in [0.4, 0.5) is 11.5 Å². The summed E-state index contributed by atoms with van der Waals surface area (Å²) in [4.78, 5) is 10.8. The molecule has 1 aromatic carbocycles. The van der Waals surface area contributed by atoms with Crippen molar-refractivity contribution in [3.63, 3.8) is 0 Å². The molecule has 0 aliphatic rings. The maximum atomic E-state index is 9.19. The van der Waals surface area contributed by atoms with Crippen LogP contribution in [0, 0.1) is 11.3 Å². The van der Waals surface area contributed by atoms with Gasteiger partial charge in [0.05, 0.1) is 11.3 Å². The number of halogens is 1. The number of anilines is 2. The summed E-state index contributed by atoms with van der Waals surface area (Å²) in [6, 6.07) is 11.5. The number of nitrogens with zero attached hydrogens (tertiary/aromatic N) is 4. The van der Waals surface area contributed by atoms with Crippen LogP contribution in [0.15, 0.2) is 34.9 Å². The second-order valence-electron chi connectivity index (χ2n) is 4.40. The van der Waals surface area contributed by atoms with Crippen LogP contribution in [0.5, 0.6) is 0 Å². The Morgan fingerprint density at radius 2 is 2.05 bits per heavy atom. The maximum Gasteiger partial charge on any atom is 0.137 e. The van der Waals surface area contributed by atoms with Gasteiger partial charge in [-0.15, -0.1) is 0 Å². The molecular weight excluding hydrogens is 316 g/mol. The van der Waals surface area contributed by atoms with Gasteiger partial charge in [0.25, 0.3) is 0 Å². The molecule has 0 N–H and O–H groups in total. The van der Waals surface area contributed by atoms with Crippen LogP contribution in [0.3, 0.4) is 0 Å². The molecule has 20 heavy (non-hydrogen) atoms. The lowest BCUT2D eigenvalue weighted by atomic mass is 10.2. The normalized spacial score (nSPS) is 10.1. The number of hydrogen-bond acceptors (Lipinski definition) is 4. The van der Waals surface area contributed by atoms with E-state index in [1.54, 1.807) is 6.07 Å². The zero-order valence-corrected chi connectivity index (χ0v) is 13.1. The van der Waals surface area contributed by atoms with Gasteiger partial charge in [0.15, 0.2) is 0 Å². The lowest BCUT2D eigenvalue weighted by molar-refractivity contribution is 0.825. The number of aryl methyl sites for hydroxylation is 1. The van der Waals surface area contributed by atoms with Crippen LogP contribution in [0.2, 0.25) is 0 Å². The van der Waals surface area contributed by atoms with Crippen LogP contribution >= 0.6 is 15.9 Å². The summed E-state index contributed by atoms with van der Waals surface area (Å²) in [5, 5.41) is 9.19. The zero-order chi connectivity index (χ0) is 14.5. The van der Waals surface area contributed by atoms with Gasteiger partial charge in [-0.25, -0.2) is 9.97 Å². The zero-order valence-electron chi connectivity index (χ0n) is 11.5. The summed E-state index contributed by atoms with van der Waals surface area (Å²) in [6.45, 7) is 2.10. The summed E-state index contributed by atoms with van der Waals surface area (Å²) >= 11 is 3.42. The highest BCUT2D eigenvalue weighted by molar-refractivity contribution is 9.10. The Hall–Kier alpha value is -1.93. The van der Waals surface area contributed by atoms with Gasteiger partial charge in [0, 0.05) is 19.5 Å². The van der Waals surface area contributed by atoms with E-state index >= 15 is 0 Å². The first kappa shape index (κ1) is 14.5. The monoisotopic (exact) mass is 330 g/mol. The minimum absolute atomic E-state index is 0.627. The third-order valence-corrected chi connectivity index (χ3v) is 3.34. The lowest BCUT2D eigenvalue weighted by Gasteiger charge is -2.20. The first-order chi connectivity index (χ1) is 9.65. The summed E-state index contributed by atoms with van der Waals surface area (Å²) < 4.78 is 0.757. The first-order valence-electron chi connectivity index (χ1n) is 6.42. The molecule has 0 aliphatic carbocycles. The number of benzene rings is 1. The molecular formula is C15H15BrN4. The standard InChI is InChI=1S/C15H15BrN4/c1-3-6-14-18-13(16)9-15(19-14)20(2)12-8-5-4-7-11(12)10-17/h4-5,7-9H,3,6H2,1-2H3. The molecule has 0 atom stereocenters. The fraction of sp³-hybridized carbons (Fsp3) is 0.267. The Morgan fingerprint density at radius 1 is 1.30 bits per heavy atom. The second kappa shape index (κ2) is 6.49. The predicted molar refractivity (Wildman–Crippen MR) is 82.9 cm³/mol. The maximum absolute atomic E-state index is 9.19. The first-order valence-corrected chi connectivity index (χ1v) is 7.21. The average molecular weight is 331 g/mol. The Bertz CT molecular complexity index is 649. The number of nitriles is 1. The molecule has 4 nitrogen and oxygen atoms in total. The molecule has 0 spiro atoms. The van der Waals surface area contributed by atoms with Gasteiger partial charge in [-0.1, -0.05) is 19.1 Å². The molecule has 2 rings (SSSR count). The number of aromatic nitrogens is 2. The van der Waals surface area contributed by atoms with E-state index in [1.165, 1.54) is 0 Å². The van der Waals surface area contributed by atoms with Gasteiger partial charge in [-0.3, -0.25) is 0 Å². The van der Waals surface area contributed by atoms with E-state index in [2.05, 4.69) is 38.9 Å². The third kappa shape index (κ3) is 3.14. The third-order valence-electron chi connectivity index (χ3n) is 2.93. The largest absolute Gasteiger partial charge is 0.328 e. The number of rotatable bonds is 4. The molecule has 2 aromatic rings. The topological polar surface area (TPSA) is 52.8 Å². The highest BCUT2D eigenvalue weighted by Gasteiger charge is 2.12. The minimum atomic E-state index is 0.627. The van der Waals surface area contributed by atoms with Crippen molar-refractivity contribution >= 4 is 27.4 Å². The van der Waals surface area contributed by atoms with E-state index in [1.807, 2.05) is 36.2 Å². The Kier molecular flexibility index (Phi) is 4.70. The number of hydrogen-bond donors (Lipinski definition) is 0. The van der Waals surface area contributed by atoms with Gasteiger partial charge in [0.1, 0.15) is 22.3 Å². The SMILES string of the molecule is CCCc1nc(Br)cc(N(C)c2ccccc2C#N)n1. The van der Waals surface area contributed by atoms with E-state index < -0.39 is 0 Å². The second-order valence-corrected chi connectivity index (χ2v) is 5.22. The van der Waals surface area contributed by atoms with Crippen LogP contribution in [0.1, 0.15) is 24.7 Å². The minimum Gasteiger partial charge on any atom is -0.328 e. The van der Waals surface area contributed by atoms with Crippen molar-refractivity contribution in [2.45, 2.75) is 19.8 Å². The van der Waals surface area contributed by atoms with Crippen molar-refractivity contribution in [1.29, 1.82) is 5.26 Å². The molecule has 0 saturated carbocycles. The van der Waals surface area contributed by atoms with Gasteiger partial charge in [-0.2, -0.15) is 5.26 Å². The fourth-order valence-electron chi connectivity index (χ4n) is 1.94. The van der Waals surface area contributed by atoms with Crippen molar-refractivity contribution < 1.29 is 0 Å². The van der Waals surface area contributed by atoms with Crippen LogP contribution in [-0.2, 0) is 6.42 Å². The van der Waals surface area contributed by atoms with Crippen molar-refractivity contribution in [3.05, 3.63) is 46.3 Å². The van der Waals surface area contributed by atoms with Gasteiger partial charge in [0.2, 0.25) is 0 Å². The van der Waals surface area contributed by atoms with E-state index in [-0.39, 0.29) is 0 Å². The predicted octanol–water partition coefficient (Wildman–Crippen LogP) is 3.83. The van der Waals surface area contributed by atoms with E-state index in [4.69, 9.17) is 0 Å². The number of para-hydroxylation sites is 1. The lowest BCUT2D eigenvalue weighted by Crippen LogP contribution is -2.14. The molecule has 102 valence electrons.